The van der Waals surface area contributed by atoms with E-state index in [4.69, 9.17) is 10.2 Å². The number of hydrogen-bond donors (Lipinski definition) is 1. The van der Waals surface area contributed by atoms with Crippen molar-refractivity contribution in [1.82, 2.24) is 0 Å². The minimum atomic E-state index is -0.282. The standard InChI is InChI=1S/C16H14FNO/c1-2-14-16(11-5-3-4-6-15(11)19-14)12-9-10(18)7-8-13(12)17/h3-9H,2,18H2,1H3. The number of halogens is 1. The van der Waals surface area contributed by atoms with Gasteiger partial charge in [-0.3, -0.25) is 0 Å². The van der Waals surface area contributed by atoms with Gasteiger partial charge in [0, 0.05) is 28.6 Å². The Balaban J connectivity index is 2.37. The predicted molar refractivity (Wildman–Crippen MR) is 75.4 cm³/mol. The largest absolute Gasteiger partial charge is 0.460 e. The van der Waals surface area contributed by atoms with Crippen LogP contribution in [-0.4, -0.2) is 0 Å². The maximum Gasteiger partial charge on any atom is 0.134 e. The highest BCUT2D eigenvalue weighted by Gasteiger charge is 2.17. The molecule has 0 radical (unpaired) electrons. The lowest BCUT2D eigenvalue weighted by Gasteiger charge is -2.05. The first kappa shape index (κ1) is 11.8. The highest BCUT2D eigenvalue weighted by Crippen LogP contribution is 2.37. The summed E-state index contributed by atoms with van der Waals surface area (Å²) in [7, 11) is 0. The third kappa shape index (κ3) is 1.87. The number of para-hydroxylation sites is 1. The Morgan fingerprint density at radius 2 is 1.95 bits per heavy atom. The second-order valence-corrected chi connectivity index (χ2v) is 4.49. The summed E-state index contributed by atoms with van der Waals surface area (Å²) in [6, 6.07) is 12.3. The molecule has 2 aromatic carbocycles. The minimum Gasteiger partial charge on any atom is -0.460 e. The van der Waals surface area contributed by atoms with E-state index in [0.29, 0.717) is 17.7 Å². The Bertz CT molecular complexity index is 746. The fraction of sp³-hybridized carbons (Fsp3) is 0.125. The molecule has 0 spiro atoms. The van der Waals surface area contributed by atoms with Crippen molar-refractivity contribution < 1.29 is 8.81 Å². The molecule has 0 amide bonds. The Morgan fingerprint density at radius 3 is 2.74 bits per heavy atom. The van der Waals surface area contributed by atoms with Crippen LogP contribution in [0.1, 0.15) is 12.7 Å². The topological polar surface area (TPSA) is 39.2 Å². The number of hydrogen-bond acceptors (Lipinski definition) is 2. The van der Waals surface area contributed by atoms with Gasteiger partial charge in [0.1, 0.15) is 17.2 Å². The number of fused-ring (bicyclic) bond motifs is 1. The quantitative estimate of drug-likeness (QED) is 0.690. The molecule has 96 valence electrons. The number of nitrogen functional groups attached to an aromatic ring is 1. The third-order valence-corrected chi connectivity index (χ3v) is 3.25. The molecular formula is C16H14FNO. The van der Waals surface area contributed by atoms with Gasteiger partial charge >= 0.3 is 0 Å². The van der Waals surface area contributed by atoms with Crippen LogP contribution >= 0.6 is 0 Å². The van der Waals surface area contributed by atoms with E-state index in [-0.39, 0.29) is 5.82 Å². The maximum absolute atomic E-state index is 14.1. The number of furan rings is 1. The highest BCUT2D eigenvalue weighted by atomic mass is 19.1. The summed E-state index contributed by atoms with van der Waals surface area (Å²) in [5, 5.41) is 0.920. The minimum absolute atomic E-state index is 0.282. The van der Waals surface area contributed by atoms with Crippen LogP contribution in [0.5, 0.6) is 0 Å². The second kappa shape index (κ2) is 4.43. The van der Waals surface area contributed by atoms with Crippen LogP contribution in [0, 0.1) is 5.82 Å². The van der Waals surface area contributed by atoms with Crippen LogP contribution in [-0.2, 0) is 6.42 Å². The Kier molecular flexibility index (Phi) is 2.75. The van der Waals surface area contributed by atoms with Crippen LogP contribution < -0.4 is 5.73 Å². The molecule has 1 aromatic heterocycles. The average molecular weight is 255 g/mol. The van der Waals surface area contributed by atoms with Gasteiger partial charge in [-0.15, -0.1) is 0 Å². The van der Waals surface area contributed by atoms with E-state index in [0.717, 1.165) is 22.3 Å². The van der Waals surface area contributed by atoms with E-state index in [2.05, 4.69) is 0 Å². The highest BCUT2D eigenvalue weighted by molar-refractivity contribution is 5.96. The van der Waals surface area contributed by atoms with Crippen molar-refractivity contribution in [3.8, 4) is 11.1 Å². The molecule has 0 fully saturated rings. The summed E-state index contributed by atoms with van der Waals surface area (Å²) < 4.78 is 19.9. The monoisotopic (exact) mass is 255 g/mol. The predicted octanol–water partition coefficient (Wildman–Crippen LogP) is 4.38. The molecule has 0 bridgehead atoms. The molecule has 0 atom stereocenters. The van der Waals surface area contributed by atoms with E-state index in [1.165, 1.54) is 6.07 Å². The number of nitrogens with two attached hydrogens (primary N) is 1. The molecular weight excluding hydrogens is 241 g/mol. The van der Waals surface area contributed by atoms with E-state index in [1.807, 2.05) is 31.2 Å². The zero-order valence-corrected chi connectivity index (χ0v) is 10.6. The molecule has 0 unspecified atom stereocenters. The molecule has 0 aliphatic carbocycles. The van der Waals surface area contributed by atoms with Crippen molar-refractivity contribution in [3.05, 3.63) is 54.0 Å². The zero-order valence-electron chi connectivity index (χ0n) is 10.6. The molecule has 2 nitrogen and oxygen atoms in total. The Labute approximate surface area is 110 Å². The third-order valence-electron chi connectivity index (χ3n) is 3.25. The van der Waals surface area contributed by atoms with Gasteiger partial charge in [0.15, 0.2) is 0 Å². The van der Waals surface area contributed by atoms with Gasteiger partial charge in [-0.2, -0.15) is 0 Å². The number of anilines is 1. The molecule has 0 saturated carbocycles. The second-order valence-electron chi connectivity index (χ2n) is 4.49. The Morgan fingerprint density at radius 1 is 1.16 bits per heavy atom. The lowest BCUT2D eigenvalue weighted by Crippen LogP contribution is -1.91. The molecule has 0 aliphatic heterocycles. The lowest BCUT2D eigenvalue weighted by molar-refractivity contribution is 0.557. The number of aryl methyl sites for hydroxylation is 1. The summed E-state index contributed by atoms with van der Waals surface area (Å²) in [6.07, 6.45) is 0.707. The smallest absolute Gasteiger partial charge is 0.134 e. The van der Waals surface area contributed by atoms with Crippen LogP contribution in [0.15, 0.2) is 46.9 Å². The first-order valence-corrected chi connectivity index (χ1v) is 6.26. The Hall–Kier alpha value is -2.29. The number of benzene rings is 2. The fourth-order valence-corrected chi connectivity index (χ4v) is 2.37. The van der Waals surface area contributed by atoms with Gasteiger partial charge in [-0.1, -0.05) is 25.1 Å². The van der Waals surface area contributed by atoms with Gasteiger partial charge in [0.2, 0.25) is 0 Å². The summed E-state index contributed by atoms with van der Waals surface area (Å²) in [6.45, 7) is 1.99. The normalized spacial score (nSPS) is 11.1. The fourth-order valence-electron chi connectivity index (χ4n) is 2.37. The van der Waals surface area contributed by atoms with Crippen molar-refractivity contribution in [2.45, 2.75) is 13.3 Å². The van der Waals surface area contributed by atoms with Gasteiger partial charge in [-0.05, 0) is 24.3 Å². The molecule has 3 heteroatoms. The van der Waals surface area contributed by atoms with E-state index < -0.39 is 0 Å². The summed E-state index contributed by atoms with van der Waals surface area (Å²) in [5.74, 6) is 0.501. The van der Waals surface area contributed by atoms with Crippen molar-refractivity contribution in [3.63, 3.8) is 0 Å². The van der Waals surface area contributed by atoms with E-state index in [1.54, 1.807) is 12.1 Å². The van der Waals surface area contributed by atoms with E-state index >= 15 is 0 Å². The van der Waals surface area contributed by atoms with Gasteiger partial charge in [0.05, 0.1) is 0 Å². The molecule has 3 rings (SSSR count). The van der Waals surface area contributed by atoms with Crippen molar-refractivity contribution in [1.29, 1.82) is 0 Å². The van der Waals surface area contributed by atoms with Gasteiger partial charge in [-0.25, -0.2) is 4.39 Å². The van der Waals surface area contributed by atoms with Crippen molar-refractivity contribution in [2.24, 2.45) is 0 Å². The van der Waals surface area contributed by atoms with Crippen LogP contribution in [0.25, 0.3) is 22.1 Å². The molecule has 1 heterocycles. The van der Waals surface area contributed by atoms with Gasteiger partial charge < -0.3 is 10.2 Å². The van der Waals surface area contributed by atoms with Crippen LogP contribution in [0.3, 0.4) is 0 Å². The first-order valence-electron chi connectivity index (χ1n) is 6.26. The number of rotatable bonds is 2. The van der Waals surface area contributed by atoms with E-state index in [9.17, 15) is 4.39 Å². The SMILES string of the molecule is CCc1oc2ccccc2c1-c1cc(N)ccc1F. The van der Waals surface area contributed by atoms with Gasteiger partial charge in [0.25, 0.3) is 0 Å². The molecule has 0 aliphatic rings. The summed E-state index contributed by atoms with van der Waals surface area (Å²) in [4.78, 5) is 0. The van der Waals surface area contributed by atoms with Crippen molar-refractivity contribution in [2.75, 3.05) is 5.73 Å². The maximum atomic E-state index is 14.1. The lowest BCUT2D eigenvalue weighted by atomic mass is 10.00. The first-order chi connectivity index (χ1) is 9.20. The summed E-state index contributed by atoms with van der Waals surface area (Å²) in [5.41, 5.74) is 8.40. The molecule has 0 saturated heterocycles. The zero-order chi connectivity index (χ0) is 13.4. The summed E-state index contributed by atoms with van der Waals surface area (Å²) >= 11 is 0. The van der Waals surface area contributed by atoms with Crippen LogP contribution in [0.4, 0.5) is 10.1 Å². The molecule has 3 aromatic rings. The van der Waals surface area contributed by atoms with Crippen molar-refractivity contribution >= 4 is 16.7 Å². The average Bonchev–Trinajstić information content (AvgIpc) is 2.80. The molecule has 19 heavy (non-hydrogen) atoms. The molecule has 2 N–H and O–H groups in total. The van der Waals surface area contributed by atoms with Crippen LogP contribution in [0.2, 0.25) is 0 Å².